The number of benzene rings is 1. The van der Waals surface area contributed by atoms with Gasteiger partial charge in [0.1, 0.15) is 0 Å². The maximum atomic E-state index is 12.1. The molecule has 2 heterocycles. The molecule has 1 unspecified atom stereocenters. The number of carbonyl (C=O) groups is 1. The number of piperidine rings is 1. The van der Waals surface area contributed by atoms with Gasteiger partial charge in [0.2, 0.25) is 5.91 Å². The molecule has 0 radical (unpaired) electrons. The third-order valence-corrected chi connectivity index (χ3v) is 4.49. The molecule has 3 rings (SSSR count). The van der Waals surface area contributed by atoms with E-state index in [1.54, 1.807) is 0 Å². The number of amides is 1. The van der Waals surface area contributed by atoms with E-state index in [0.717, 1.165) is 29.7 Å². The third kappa shape index (κ3) is 2.31. The molecule has 0 bridgehead atoms. The number of fused-ring (bicyclic) bond motifs is 1. The molecule has 1 aromatic carbocycles. The maximum absolute atomic E-state index is 12.1. The van der Waals surface area contributed by atoms with Gasteiger partial charge in [-0.3, -0.25) is 4.79 Å². The Kier molecular flexibility index (Phi) is 3.39. The van der Waals surface area contributed by atoms with Crippen molar-refractivity contribution in [3.05, 3.63) is 28.2 Å². The SMILES string of the molecule is O=C1Nc2cc(Br)ccc2C1CC1CCNCC1. The topological polar surface area (TPSA) is 41.1 Å². The molecule has 1 saturated heterocycles. The molecule has 0 spiro atoms. The summed E-state index contributed by atoms with van der Waals surface area (Å²) in [7, 11) is 0. The fourth-order valence-corrected chi connectivity index (χ4v) is 3.35. The second-order valence-corrected chi connectivity index (χ2v) is 6.12. The van der Waals surface area contributed by atoms with Gasteiger partial charge >= 0.3 is 0 Å². The Morgan fingerprint density at radius 3 is 2.83 bits per heavy atom. The number of hydrogen-bond acceptors (Lipinski definition) is 2. The number of nitrogens with one attached hydrogen (secondary N) is 2. The van der Waals surface area contributed by atoms with Crippen LogP contribution >= 0.6 is 15.9 Å². The number of hydrogen-bond donors (Lipinski definition) is 2. The molecule has 0 aromatic heterocycles. The van der Waals surface area contributed by atoms with E-state index >= 15 is 0 Å². The highest BCUT2D eigenvalue weighted by Gasteiger charge is 2.32. The average molecular weight is 309 g/mol. The molecule has 4 heteroatoms. The van der Waals surface area contributed by atoms with E-state index in [1.807, 2.05) is 12.1 Å². The van der Waals surface area contributed by atoms with Crippen molar-refractivity contribution < 1.29 is 4.79 Å². The monoisotopic (exact) mass is 308 g/mol. The highest BCUT2D eigenvalue weighted by atomic mass is 79.9. The molecule has 1 amide bonds. The summed E-state index contributed by atoms with van der Waals surface area (Å²) >= 11 is 3.44. The van der Waals surface area contributed by atoms with Crippen molar-refractivity contribution in [1.82, 2.24) is 5.32 Å². The van der Waals surface area contributed by atoms with E-state index in [0.29, 0.717) is 5.92 Å². The van der Waals surface area contributed by atoms with Gasteiger partial charge in [-0.05, 0) is 56.0 Å². The molecule has 0 saturated carbocycles. The summed E-state index contributed by atoms with van der Waals surface area (Å²) in [6, 6.07) is 6.09. The Morgan fingerprint density at radius 1 is 1.28 bits per heavy atom. The molecule has 2 aliphatic rings. The molecular formula is C14H17BrN2O. The first-order valence-corrected chi connectivity index (χ1v) is 7.34. The van der Waals surface area contributed by atoms with Crippen molar-refractivity contribution in [2.75, 3.05) is 18.4 Å². The lowest BCUT2D eigenvalue weighted by atomic mass is 9.85. The van der Waals surface area contributed by atoms with Crippen molar-refractivity contribution in [2.24, 2.45) is 5.92 Å². The standard InChI is InChI=1S/C14H17BrN2O/c15-10-1-2-11-12(14(18)17-13(11)8-10)7-9-3-5-16-6-4-9/h1-2,8-9,12,16H,3-7H2,(H,17,18). The molecule has 0 aliphatic carbocycles. The lowest BCUT2D eigenvalue weighted by molar-refractivity contribution is -0.117. The van der Waals surface area contributed by atoms with Gasteiger partial charge in [0, 0.05) is 10.2 Å². The Labute approximate surface area is 115 Å². The summed E-state index contributed by atoms with van der Waals surface area (Å²) in [5.41, 5.74) is 2.15. The fourth-order valence-electron chi connectivity index (χ4n) is 2.99. The van der Waals surface area contributed by atoms with E-state index < -0.39 is 0 Å². The van der Waals surface area contributed by atoms with Crippen LogP contribution in [-0.4, -0.2) is 19.0 Å². The lowest BCUT2D eigenvalue weighted by Gasteiger charge is -2.24. The molecule has 2 N–H and O–H groups in total. The summed E-state index contributed by atoms with van der Waals surface area (Å²) in [5, 5.41) is 6.36. The summed E-state index contributed by atoms with van der Waals surface area (Å²) in [5.74, 6) is 0.898. The van der Waals surface area contributed by atoms with E-state index in [9.17, 15) is 4.79 Å². The Morgan fingerprint density at radius 2 is 2.06 bits per heavy atom. The van der Waals surface area contributed by atoms with E-state index in [1.165, 1.54) is 18.4 Å². The van der Waals surface area contributed by atoms with Gasteiger partial charge < -0.3 is 10.6 Å². The predicted octanol–water partition coefficient (Wildman–Crippen LogP) is 2.87. The largest absolute Gasteiger partial charge is 0.325 e. The van der Waals surface area contributed by atoms with Crippen molar-refractivity contribution in [1.29, 1.82) is 0 Å². The van der Waals surface area contributed by atoms with Crippen molar-refractivity contribution in [3.8, 4) is 0 Å². The molecular weight excluding hydrogens is 292 g/mol. The minimum atomic E-state index is 0.0520. The van der Waals surface area contributed by atoms with Crippen molar-refractivity contribution >= 4 is 27.5 Å². The lowest BCUT2D eigenvalue weighted by Crippen LogP contribution is -2.29. The molecule has 3 nitrogen and oxygen atoms in total. The van der Waals surface area contributed by atoms with Crippen LogP contribution in [0.25, 0.3) is 0 Å². The first-order chi connectivity index (χ1) is 8.74. The van der Waals surface area contributed by atoms with E-state index in [-0.39, 0.29) is 11.8 Å². The van der Waals surface area contributed by atoms with Crippen LogP contribution < -0.4 is 10.6 Å². The first-order valence-electron chi connectivity index (χ1n) is 6.55. The van der Waals surface area contributed by atoms with Crippen LogP contribution in [0.1, 0.15) is 30.7 Å². The predicted molar refractivity (Wildman–Crippen MR) is 75.7 cm³/mol. The molecule has 1 atom stereocenters. The molecule has 18 heavy (non-hydrogen) atoms. The van der Waals surface area contributed by atoms with Crippen LogP contribution in [0, 0.1) is 5.92 Å². The molecule has 1 fully saturated rings. The van der Waals surface area contributed by atoms with Crippen LogP contribution in [0.5, 0.6) is 0 Å². The van der Waals surface area contributed by atoms with Gasteiger partial charge in [-0.25, -0.2) is 0 Å². The van der Waals surface area contributed by atoms with Gasteiger partial charge in [0.25, 0.3) is 0 Å². The third-order valence-electron chi connectivity index (χ3n) is 3.99. The quantitative estimate of drug-likeness (QED) is 0.882. The number of halogens is 1. The van der Waals surface area contributed by atoms with Crippen LogP contribution in [0.3, 0.4) is 0 Å². The Balaban J connectivity index is 1.78. The Bertz CT molecular complexity index is 469. The summed E-state index contributed by atoms with van der Waals surface area (Å²) in [6.07, 6.45) is 3.37. The maximum Gasteiger partial charge on any atom is 0.232 e. The second-order valence-electron chi connectivity index (χ2n) is 5.20. The van der Waals surface area contributed by atoms with Crippen molar-refractivity contribution in [3.63, 3.8) is 0 Å². The first kappa shape index (κ1) is 12.2. The zero-order valence-corrected chi connectivity index (χ0v) is 11.8. The number of anilines is 1. The smallest absolute Gasteiger partial charge is 0.232 e. The van der Waals surface area contributed by atoms with Crippen LogP contribution in [0.4, 0.5) is 5.69 Å². The molecule has 96 valence electrons. The van der Waals surface area contributed by atoms with Gasteiger partial charge in [-0.15, -0.1) is 0 Å². The zero-order valence-electron chi connectivity index (χ0n) is 10.2. The van der Waals surface area contributed by atoms with Crippen LogP contribution in [0.2, 0.25) is 0 Å². The summed E-state index contributed by atoms with van der Waals surface area (Å²) in [4.78, 5) is 12.1. The van der Waals surface area contributed by atoms with Crippen molar-refractivity contribution in [2.45, 2.75) is 25.2 Å². The highest BCUT2D eigenvalue weighted by molar-refractivity contribution is 9.10. The number of carbonyl (C=O) groups excluding carboxylic acids is 1. The van der Waals surface area contributed by atoms with Gasteiger partial charge in [-0.1, -0.05) is 22.0 Å². The zero-order chi connectivity index (χ0) is 12.5. The van der Waals surface area contributed by atoms with Crippen LogP contribution in [0.15, 0.2) is 22.7 Å². The molecule has 1 aromatic rings. The minimum absolute atomic E-state index is 0.0520. The second kappa shape index (κ2) is 5.02. The highest BCUT2D eigenvalue weighted by Crippen LogP contribution is 2.39. The van der Waals surface area contributed by atoms with Gasteiger partial charge in [0.15, 0.2) is 0 Å². The Hall–Kier alpha value is -0.870. The van der Waals surface area contributed by atoms with Gasteiger partial charge in [-0.2, -0.15) is 0 Å². The van der Waals surface area contributed by atoms with Gasteiger partial charge in [0.05, 0.1) is 5.92 Å². The van der Waals surface area contributed by atoms with E-state index in [2.05, 4.69) is 32.6 Å². The average Bonchev–Trinajstić information content (AvgIpc) is 2.66. The minimum Gasteiger partial charge on any atom is -0.325 e. The van der Waals surface area contributed by atoms with Crippen LogP contribution in [-0.2, 0) is 4.79 Å². The summed E-state index contributed by atoms with van der Waals surface area (Å²) < 4.78 is 1.02. The van der Waals surface area contributed by atoms with E-state index in [4.69, 9.17) is 0 Å². The fraction of sp³-hybridized carbons (Fsp3) is 0.500. The number of rotatable bonds is 2. The summed E-state index contributed by atoms with van der Waals surface area (Å²) in [6.45, 7) is 2.18. The molecule has 2 aliphatic heterocycles. The normalized spacial score (nSPS) is 23.8.